The van der Waals surface area contributed by atoms with Gasteiger partial charge in [0.2, 0.25) is 0 Å². The number of anilines is 1. The molecule has 1 aromatic rings. The maximum Gasteiger partial charge on any atom is 0.251 e. The summed E-state index contributed by atoms with van der Waals surface area (Å²) in [6.07, 6.45) is -0.416. The molecule has 3 N–H and O–H groups in total. The predicted molar refractivity (Wildman–Crippen MR) is 75.0 cm³/mol. The Balaban J connectivity index is 2.61. The number of hydrogen-bond acceptors (Lipinski definition) is 4. The molecule has 0 spiro atoms. The molecule has 0 fully saturated rings. The lowest BCUT2D eigenvalue weighted by atomic mass is 10.1. The standard InChI is InChI=1S/C14H22N2O3/c1-4-18-13(19-5-2)9-16-14(17)11-7-6-8-12(15)10(11)3/h6-8,13H,4-5,9,15H2,1-3H3,(H,16,17). The summed E-state index contributed by atoms with van der Waals surface area (Å²) in [4.78, 5) is 12.1. The van der Waals surface area contributed by atoms with Gasteiger partial charge in [-0.2, -0.15) is 0 Å². The van der Waals surface area contributed by atoms with E-state index in [0.29, 0.717) is 31.0 Å². The van der Waals surface area contributed by atoms with E-state index in [1.54, 1.807) is 18.2 Å². The van der Waals surface area contributed by atoms with E-state index in [9.17, 15) is 4.79 Å². The molecule has 19 heavy (non-hydrogen) atoms. The first-order valence-corrected chi connectivity index (χ1v) is 6.46. The maximum atomic E-state index is 12.1. The summed E-state index contributed by atoms with van der Waals surface area (Å²) in [5, 5.41) is 2.79. The van der Waals surface area contributed by atoms with Gasteiger partial charge in [0.05, 0.1) is 6.54 Å². The molecule has 0 unspecified atom stereocenters. The minimum Gasteiger partial charge on any atom is -0.398 e. The molecule has 0 radical (unpaired) electrons. The Morgan fingerprint density at radius 1 is 1.32 bits per heavy atom. The van der Waals surface area contributed by atoms with Crippen molar-refractivity contribution < 1.29 is 14.3 Å². The molecule has 1 rings (SSSR count). The van der Waals surface area contributed by atoms with Gasteiger partial charge in [-0.1, -0.05) is 6.07 Å². The highest BCUT2D eigenvalue weighted by Gasteiger charge is 2.13. The summed E-state index contributed by atoms with van der Waals surface area (Å²) in [5.74, 6) is -0.172. The van der Waals surface area contributed by atoms with Crippen LogP contribution in [-0.2, 0) is 9.47 Å². The van der Waals surface area contributed by atoms with Crippen molar-refractivity contribution in [3.05, 3.63) is 29.3 Å². The van der Waals surface area contributed by atoms with Crippen molar-refractivity contribution in [1.29, 1.82) is 0 Å². The Morgan fingerprint density at radius 2 is 1.95 bits per heavy atom. The van der Waals surface area contributed by atoms with Gasteiger partial charge in [0, 0.05) is 24.5 Å². The molecule has 0 aromatic heterocycles. The van der Waals surface area contributed by atoms with Gasteiger partial charge in [-0.05, 0) is 38.5 Å². The molecular weight excluding hydrogens is 244 g/mol. The van der Waals surface area contributed by atoms with E-state index in [4.69, 9.17) is 15.2 Å². The molecule has 1 amide bonds. The summed E-state index contributed by atoms with van der Waals surface area (Å²) in [6.45, 7) is 6.99. The van der Waals surface area contributed by atoms with Crippen LogP contribution < -0.4 is 11.1 Å². The Kier molecular flexibility index (Phi) is 6.32. The fourth-order valence-corrected chi connectivity index (χ4v) is 1.71. The van der Waals surface area contributed by atoms with E-state index in [-0.39, 0.29) is 5.91 Å². The number of ether oxygens (including phenoxy) is 2. The summed E-state index contributed by atoms with van der Waals surface area (Å²) in [5.41, 5.74) is 7.75. The number of nitrogens with one attached hydrogen (secondary N) is 1. The van der Waals surface area contributed by atoms with E-state index in [0.717, 1.165) is 5.56 Å². The summed E-state index contributed by atoms with van der Waals surface area (Å²) in [7, 11) is 0. The largest absolute Gasteiger partial charge is 0.398 e. The van der Waals surface area contributed by atoms with Crippen LogP contribution in [0.15, 0.2) is 18.2 Å². The zero-order valence-electron chi connectivity index (χ0n) is 11.7. The third kappa shape index (κ3) is 4.54. The van der Waals surface area contributed by atoms with Crippen molar-refractivity contribution in [3.63, 3.8) is 0 Å². The van der Waals surface area contributed by atoms with Crippen LogP contribution in [0.4, 0.5) is 5.69 Å². The van der Waals surface area contributed by atoms with E-state index < -0.39 is 6.29 Å². The van der Waals surface area contributed by atoms with Gasteiger partial charge in [-0.3, -0.25) is 4.79 Å². The molecular formula is C14H22N2O3. The molecule has 0 atom stereocenters. The second-order valence-electron chi connectivity index (χ2n) is 4.07. The number of nitrogens with two attached hydrogens (primary N) is 1. The Bertz CT molecular complexity index is 415. The molecule has 0 saturated carbocycles. The molecule has 0 saturated heterocycles. The number of rotatable bonds is 7. The van der Waals surface area contributed by atoms with Crippen LogP contribution in [0.1, 0.15) is 29.8 Å². The van der Waals surface area contributed by atoms with Crippen LogP contribution in [-0.4, -0.2) is 32.0 Å². The number of hydrogen-bond donors (Lipinski definition) is 2. The van der Waals surface area contributed by atoms with Crippen LogP contribution in [0.5, 0.6) is 0 Å². The lowest BCUT2D eigenvalue weighted by Crippen LogP contribution is -2.35. The van der Waals surface area contributed by atoms with Gasteiger partial charge in [0.15, 0.2) is 6.29 Å². The molecule has 1 aromatic carbocycles. The highest BCUT2D eigenvalue weighted by atomic mass is 16.7. The average molecular weight is 266 g/mol. The monoisotopic (exact) mass is 266 g/mol. The highest BCUT2D eigenvalue weighted by Crippen LogP contribution is 2.15. The summed E-state index contributed by atoms with van der Waals surface area (Å²) >= 11 is 0. The first kappa shape index (κ1) is 15.5. The minimum atomic E-state index is -0.416. The fourth-order valence-electron chi connectivity index (χ4n) is 1.71. The number of nitrogen functional groups attached to an aromatic ring is 1. The van der Waals surface area contributed by atoms with E-state index in [1.807, 2.05) is 20.8 Å². The van der Waals surface area contributed by atoms with Crippen molar-refractivity contribution in [2.75, 3.05) is 25.5 Å². The van der Waals surface area contributed by atoms with Crippen molar-refractivity contribution >= 4 is 11.6 Å². The predicted octanol–water partition coefficient (Wildman–Crippen LogP) is 1.71. The smallest absolute Gasteiger partial charge is 0.251 e. The normalized spacial score (nSPS) is 10.7. The Hall–Kier alpha value is -1.59. The third-order valence-corrected chi connectivity index (χ3v) is 2.75. The molecule has 0 bridgehead atoms. The van der Waals surface area contributed by atoms with Crippen LogP contribution >= 0.6 is 0 Å². The summed E-state index contributed by atoms with van der Waals surface area (Å²) in [6, 6.07) is 5.28. The van der Waals surface area contributed by atoms with Crippen LogP contribution in [0.3, 0.4) is 0 Å². The molecule has 106 valence electrons. The van der Waals surface area contributed by atoms with Gasteiger partial charge in [-0.25, -0.2) is 0 Å². The number of carbonyl (C=O) groups excluding carboxylic acids is 1. The second kappa shape index (κ2) is 7.76. The van der Waals surface area contributed by atoms with Gasteiger partial charge >= 0.3 is 0 Å². The molecule has 5 heteroatoms. The highest BCUT2D eigenvalue weighted by molar-refractivity contribution is 5.96. The van der Waals surface area contributed by atoms with Crippen molar-refractivity contribution in [2.24, 2.45) is 0 Å². The number of carbonyl (C=O) groups is 1. The average Bonchev–Trinajstić information content (AvgIpc) is 2.39. The van der Waals surface area contributed by atoms with Crippen molar-refractivity contribution in [1.82, 2.24) is 5.32 Å². The Labute approximate surface area is 114 Å². The molecule has 5 nitrogen and oxygen atoms in total. The van der Waals surface area contributed by atoms with Crippen LogP contribution in [0, 0.1) is 6.92 Å². The van der Waals surface area contributed by atoms with E-state index >= 15 is 0 Å². The quantitative estimate of drug-likeness (QED) is 0.582. The lowest BCUT2D eigenvalue weighted by molar-refractivity contribution is -0.131. The second-order valence-corrected chi connectivity index (χ2v) is 4.07. The lowest BCUT2D eigenvalue weighted by Gasteiger charge is -2.18. The number of amides is 1. The molecule has 0 aliphatic rings. The van der Waals surface area contributed by atoms with Gasteiger partial charge in [-0.15, -0.1) is 0 Å². The molecule has 0 aliphatic heterocycles. The maximum absolute atomic E-state index is 12.1. The molecule has 0 heterocycles. The third-order valence-electron chi connectivity index (χ3n) is 2.75. The van der Waals surface area contributed by atoms with Gasteiger partial charge < -0.3 is 20.5 Å². The zero-order valence-corrected chi connectivity index (χ0v) is 11.7. The first-order valence-electron chi connectivity index (χ1n) is 6.46. The van der Waals surface area contributed by atoms with Gasteiger partial charge in [0.1, 0.15) is 0 Å². The van der Waals surface area contributed by atoms with E-state index in [1.165, 1.54) is 0 Å². The summed E-state index contributed by atoms with van der Waals surface area (Å²) < 4.78 is 10.7. The van der Waals surface area contributed by atoms with E-state index in [2.05, 4.69) is 5.32 Å². The Morgan fingerprint density at radius 3 is 2.53 bits per heavy atom. The van der Waals surface area contributed by atoms with Crippen molar-refractivity contribution in [3.8, 4) is 0 Å². The fraction of sp³-hybridized carbons (Fsp3) is 0.500. The zero-order chi connectivity index (χ0) is 14.3. The van der Waals surface area contributed by atoms with Gasteiger partial charge in [0.25, 0.3) is 5.91 Å². The molecule has 0 aliphatic carbocycles. The minimum absolute atomic E-state index is 0.172. The SMILES string of the molecule is CCOC(CNC(=O)c1cccc(N)c1C)OCC. The van der Waals surface area contributed by atoms with Crippen LogP contribution in [0.2, 0.25) is 0 Å². The topological polar surface area (TPSA) is 73.6 Å². The number of benzene rings is 1. The van der Waals surface area contributed by atoms with Crippen LogP contribution in [0.25, 0.3) is 0 Å². The van der Waals surface area contributed by atoms with Crippen molar-refractivity contribution in [2.45, 2.75) is 27.1 Å². The first-order chi connectivity index (χ1) is 9.10.